The highest BCUT2D eigenvalue weighted by Gasteiger charge is 2.42. The average Bonchev–Trinajstić information content (AvgIpc) is 3.38. The number of methoxy groups -OCH3 is 1. The lowest BCUT2D eigenvalue weighted by molar-refractivity contribution is -0.0437. The molecule has 4 aromatic rings. The number of nitrogens with one attached hydrogen (secondary N) is 1. The van der Waals surface area contributed by atoms with E-state index in [-0.39, 0.29) is 6.61 Å². The van der Waals surface area contributed by atoms with E-state index in [2.05, 4.69) is 26.3 Å². The van der Waals surface area contributed by atoms with Gasteiger partial charge in [0.05, 0.1) is 26.1 Å². The molecule has 0 aliphatic carbocycles. The predicted molar refractivity (Wildman–Crippen MR) is 118 cm³/mol. The largest absolute Gasteiger partial charge is 0.496 e. The fraction of sp³-hybridized carbons (Fsp3) is 0.318. The van der Waals surface area contributed by atoms with Gasteiger partial charge in [-0.3, -0.25) is 4.57 Å². The monoisotopic (exact) mass is 436 g/mol. The molecule has 1 aliphatic heterocycles. The minimum Gasteiger partial charge on any atom is -0.496 e. The highest BCUT2D eigenvalue weighted by molar-refractivity contribution is 5.91. The molecule has 10 nitrogen and oxygen atoms in total. The molecule has 10 heteroatoms. The molecule has 0 radical (unpaired) electrons. The second-order valence-electron chi connectivity index (χ2n) is 7.69. The lowest BCUT2D eigenvalue weighted by Crippen LogP contribution is -2.39. The van der Waals surface area contributed by atoms with Gasteiger partial charge in [0.25, 0.3) is 0 Å². The van der Waals surface area contributed by atoms with Crippen LogP contribution in [0.5, 0.6) is 5.75 Å². The lowest BCUT2D eigenvalue weighted by Gasteiger charge is -2.17. The quantitative estimate of drug-likeness (QED) is 0.351. The van der Waals surface area contributed by atoms with E-state index in [4.69, 9.17) is 15.2 Å². The lowest BCUT2D eigenvalue weighted by atomic mass is 10.0. The van der Waals surface area contributed by atoms with Gasteiger partial charge >= 0.3 is 0 Å². The normalized spacial score (nSPS) is 23.1. The minimum absolute atomic E-state index is 0.324. The van der Waals surface area contributed by atoms with Crippen molar-refractivity contribution < 1.29 is 19.7 Å². The van der Waals surface area contributed by atoms with Gasteiger partial charge in [0, 0.05) is 11.9 Å². The molecule has 3 heterocycles. The summed E-state index contributed by atoms with van der Waals surface area (Å²) >= 11 is 0. The fourth-order valence-electron chi connectivity index (χ4n) is 4.18. The van der Waals surface area contributed by atoms with Gasteiger partial charge in [0.2, 0.25) is 0 Å². The molecule has 0 amide bonds. The molecule has 0 bridgehead atoms. The molecule has 4 atom stereocenters. The van der Waals surface area contributed by atoms with Crippen molar-refractivity contribution in [2.45, 2.75) is 31.0 Å². The van der Waals surface area contributed by atoms with E-state index in [9.17, 15) is 10.2 Å². The third-order valence-corrected chi connectivity index (χ3v) is 5.87. The van der Waals surface area contributed by atoms with Crippen molar-refractivity contribution in [3.05, 3.63) is 54.6 Å². The molecular weight excluding hydrogens is 412 g/mol. The number of anilines is 1. The summed E-state index contributed by atoms with van der Waals surface area (Å²) in [5.74, 6) is 1.39. The highest BCUT2D eigenvalue weighted by Crippen LogP contribution is 2.32. The molecule has 5 rings (SSSR count). The van der Waals surface area contributed by atoms with Crippen LogP contribution in [0.25, 0.3) is 21.9 Å². The molecule has 0 spiro atoms. The maximum absolute atomic E-state index is 10.2. The number of hydrogen-bond donors (Lipinski definition) is 4. The Morgan fingerprint density at radius 1 is 1.16 bits per heavy atom. The molecule has 2 aromatic carbocycles. The van der Waals surface area contributed by atoms with Crippen LogP contribution < -0.4 is 15.8 Å². The van der Waals surface area contributed by atoms with Crippen LogP contribution in [0.3, 0.4) is 0 Å². The van der Waals surface area contributed by atoms with E-state index >= 15 is 0 Å². The van der Waals surface area contributed by atoms with E-state index in [0.29, 0.717) is 23.5 Å². The summed E-state index contributed by atoms with van der Waals surface area (Å²) in [6.07, 6.45) is 0.570. The van der Waals surface area contributed by atoms with E-state index in [1.807, 2.05) is 30.3 Å². The number of nitrogens with two attached hydrogens (primary N) is 1. The van der Waals surface area contributed by atoms with Gasteiger partial charge in [0.1, 0.15) is 24.3 Å². The van der Waals surface area contributed by atoms with Crippen LogP contribution in [-0.4, -0.2) is 61.7 Å². The van der Waals surface area contributed by atoms with Crippen molar-refractivity contribution in [3.63, 3.8) is 0 Å². The molecule has 2 aromatic heterocycles. The number of aromatic nitrogens is 4. The van der Waals surface area contributed by atoms with Crippen LogP contribution in [0, 0.1) is 0 Å². The molecular formula is C22H24N6O4. The standard InChI is InChI=1S/C22H24N6O4/c1-31-15-7-6-12(13-4-2-3-5-14(13)15)8-24-20-18-21(26-10-25-20)28(11-27-18)22-17(23)19(30)16(9-29)32-22/h2-7,10-11,16-17,19,22,29-30H,8-9,23H2,1H3,(H,24,25,26)/t16-,17-,19-,22-/m1/s1. The van der Waals surface area contributed by atoms with Crippen LogP contribution in [0.2, 0.25) is 0 Å². The van der Waals surface area contributed by atoms with Crippen molar-refractivity contribution in [1.82, 2.24) is 19.5 Å². The number of aliphatic hydroxyl groups is 2. The van der Waals surface area contributed by atoms with Crippen LogP contribution in [0.15, 0.2) is 49.1 Å². The molecule has 166 valence electrons. The molecule has 0 unspecified atom stereocenters. The second kappa shape index (κ2) is 8.32. The molecule has 0 saturated carbocycles. The average molecular weight is 436 g/mol. The zero-order valence-electron chi connectivity index (χ0n) is 17.4. The van der Waals surface area contributed by atoms with Crippen LogP contribution >= 0.6 is 0 Å². The van der Waals surface area contributed by atoms with Gasteiger partial charge in [-0.15, -0.1) is 0 Å². The predicted octanol–water partition coefficient (Wildman–Crippen LogP) is 1.18. The first-order valence-electron chi connectivity index (χ1n) is 10.3. The number of hydrogen-bond acceptors (Lipinski definition) is 9. The molecule has 1 saturated heterocycles. The number of rotatable bonds is 6. The Hall–Kier alpha value is -3.31. The topological polar surface area (TPSA) is 141 Å². The van der Waals surface area contributed by atoms with E-state index in [1.54, 1.807) is 18.0 Å². The summed E-state index contributed by atoms with van der Waals surface area (Å²) in [5.41, 5.74) is 8.28. The summed E-state index contributed by atoms with van der Waals surface area (Å²) < 4.78 is 12.9. The number of imidazole rings is 1. The molecule has 5 N–H and O–H groups in total. The van der Waals surface area contributed by atoms with Gasteiger partial charge in [-0.05, 0) is 17.0 Å². The first-order valence-corrected chi connectivity index (χ1v) is 10.3. The third-order valence-electron chi connectivity index (χ3n) is 5.87. The van der Waals surface area contributed by atoms with Gasteiger partial charge in [0.15, 0.2) is 23.2 Å². The molecule has 32 heavy (non-hydrogen) atoms. The van der Waals surface area contributed by atoms with Gasteiger partial charge in [-0.2, -0.15) is 0 Å². The van der Waals surface area contributed by atoms with Crippen LogP contribution in [0.4, 0.5) is 5.82 Å². The van der Waals surface area contributed by atoms with Gasteiger partial charge < -0.3 is 30.7 Å². The third kappa shape index (κ3) is 3.33. The first-order chi connectivity index (χ1) is 15.6. The van der Waals surface area contributed by atoms with Crippen LogP contribution in [0.1, 0.15) is 11.8 Å². The number of nitrogens with zero attached hydrogens (tertiary/aromatic N) is 4. The van der Waals surface area contributed by atoms with Crippen molar-refractivity contribution in [3.8, 4) is 5.75 Å². The molecule has 1 fully saturated rings. The van der Waals surface area contributed by atoms with Crippen molar-refractivity contribution >= 4 is 27.8 Å². The van der Waals surface area contributed by atoms with Crippen LogP contribution in [-0.2, 0) is 11.3 Å². The number of ether oxygens (including phenoxy) is 2. The Balaban J connectivity index is 1.44. The zero-order valence-corrected chi connectivity index (χ0v) is 17.4. The SMILES string of the molecule is COc1ccc(CNc2ncnc3c2ncn3[C@@H]2O[C@H](CO)[C@@H](O)[C@H]2N)c2ccccc12. The van der Waals surface area contributed by atoms with E-state index < -0.39 is 24.5 Å². The van der Waals surface area contributed by atoms with Crippen molar-refractivity contribution in [1.29, 1.82) is 0 Å². The van der Waals surface area contributed by atoms with Gasteiger partial charge in [-0.1, -0.05) is 30.3 Å². The Morgan fingerprint density at radius 3 is 2.72 bits per heavy atom. The first kappa shape index (κ1) is 20.6. The Kier molecular flexibility index (Phi) is 5.35. The highest BCUT2D eigenvalue weighted by atomic mass is 16.5. The summed E-state index contributed by atoms with van der Waals surface area (Å²) in [5, 5.41) is 25.1. The molecule has 1 aliphatic rings. The second-order valence-corrected chi connectivity index (χ2v) is 7.69. The number of fused-ring (bicyclic) bond motifs is 2. The summed E-state index contributed by atoms with van der Waals surface area (Å²) in [7, 11) is 1.66. The Morgan fingerprint density at radius 2 is 1.97 bits per heavy atom. The fourth-order valence-corrected chi connectivity index (χ4v) is 4.18. The maximum Gasteiger partial charge on any atom is 0.167 e. The summed E-state index contributed by atoms with van der Waals surface area (Å²) in [6.45, 7) is 0.198. The Bertz CT molecular complexity index is 1260. The van der Waals surface area contributed by atoms with Crippen molar-refractivity contribution in [2.75, 3.05) is 19.0 Å². The van der Waals surface area contributed by atoms with E-state index in [0.717, 1.165) is 22.1 Å². The zero-order chi connectivity index (χ0) is 22.2. The number of aliphatic hydroxyl groups excluding tert-OH is 2. The maximum atomic E-state index is 10.2. The van der Waals surface area contributed by atoms with E-state index in [1.165, 1.54) is 6.33 Å². The smallest absolute Gasteiger partial charge is 0.167 e. The van der Waals surface area contributed by atoms with Gasteiger partial charge in [-0.25, -0.2) is 15.0 Å². The summed E-state index contributed by atoms with van der Waals surface area (Å²) in [4.78, 5) is 13.1. The number of benzene rings is 2. The minimum atomic E-state index is -0.981. The Labute approximate surface area is 183 Å². The van der Waals surface area contributed by atoms with Crippen molar-refractivity contribution in [2.24, 2.45) is 5.73 Å². The summed E-state index contributed by atoms with van der Waals surface area (Å²) in [6, 6.07) is 11.3.